The van der Waals surface area contributed by atoms with Gasteiger partial charge in [-0.05, 0) is 19.3 Å². The van der Waals surface area contributed by atoms with Gasteiger partial charge in [0.05, 0.1) is 6.61 Å². The molecule has 200 valence electrons. The lowest BCUT2D eigenvalue weighted by molar-refractivity contribution is -0.156. The first-order chi connectivity index (χ1) is 15.7. The van der Waals surface area contributed by atoms with Gasteiger partial charge in [-0.3, -0.25) is 0 Å². The highest BCUT2D eigenvalue weighted by molar-refractivity contribution is 6.61. The van der Waals surface area contributed by atoms with Crippen LogP contribution in [-0.2, 0) is 44.6 Å². The third-order valence-corrected chi connectivity index (χ3v) is 14.3. The van der Waals surface area contributed by atoms with E-state index in [2.05, 4.69) is 0 Å². The van der Waals surface area contributed by atoms with Crippen molar-refractivity contribution in [3.8, 4) is 0 Å². The van der Waals surface area contributed by atoms with Gasteiger partial charge in [0.1, 0.15) is 0 Å². The highest BCUT2D eigenvalue weighted by Gasteiger charge is 2.42. The van der Waals surface area contributed by atoms with Gasteiger partial charge in [-0.15, -0.1) is 0 Å². The average molecular weight is 537 g/mol. The Kier molecular flexibility index (Phi) is 16.9. The molecule has 0 saturated heterocycles. The second kappa shape index (κ2) is 16.8. The minimum Gasteiger partial charge on any atom is -0.377 e. The van der Waals surface area contributed by atoms with Crippen LogP contribution in [0.2, 0.25) is 18.1 Å². The molecule has 33 heavy (non-hydrogen) atoms. The Bertz CT molecular complexity index is 444. The highest BCUT2D eigenvalue weighted by atomic mass is 28.4. The van der Waals surface area contributed by atoms with Crippen molar-refractivity contribution >= 4 is 26.4 Å². The summed E-state index contributed by atoms with van der Waals surface area (Å²) in [6, 6.07) is 1.48. The summed E-state index contributed by atoms with van der Waals surface area (Å²) in [4.78, 5) is 0. The average Bonchev–Trinajstić information content (AvgIpc) is 2.86. The van der Waals surface area contributed by atoms with Crippen LogP contribution in [0.3, 0.4) is 0 Å². The van der Waals surface area contributed by atoms with Gasteiger partial charge in [-0.1, -0.05) is 0 Å². The molecule has 0 aromatic rings. The monoisotopic (exact) mass is 536 g/mol. The predicted octanol–water partition coefficient (Wildman–Crippen LogP) is 3.25. The fraction of sp³-hybridized carbons (Fsp3) is 1.00. The number of ether oxygens (including phenoxy) is 1. The lowest BCUT2D eigenvalue weighted by atomic mass is 10.1. The third-order valence-electron chi connectivity index (χ3n) is 5.85. The minimum absolute atomic E-state index is 0.167. The topological polar surface area (TPSA) is 92.3 Å². The van der Waals surface area contributed by atoms with Gasteiger partial charge in [0.25, 0.3) is 0 Å². The maximum atomic E-state index is 15.9. The molecule has 0 fully saturated rings. The molecular weight excluding hydrogens is 491 g/mol. The summed E-state index contributed by atoms with van der Waals surface area (Å²) < 4.78 is 70.6. The third kappa shape index (κ3) is 10.8. The van der Waals surface area contributed by atoms with E-state index in [1.807, 2.05) is 0 Å². The molecule has 0 atom stereocenters. The van der Waals surface area contributed by atoms with Crippen LogP contribution >= 0.6 is 0 Å². The van der Waals surface area contributed by atoms with Crippen molar-refractivity contribution in [1.82, 2.24) is 0 Å². The summed E-state index contributed by atoms with van der Waals surface area (Å²) in [7, 11) is 5.58. The van der Waals surface area contributed by atoms with Gasteiger partial charge in [0.15, 0.2) is 0 Å². The second-order valence-electron chi connectivity index (χ2n) is 7.43. The fourth-order valence-electron chi connectivity index (χ4n) is 3.62. The van der Waals surface area contributed by atoms with E-state index in [0.29, 0.717) is 37.4 Å². The summed E-state index contributed by atoms with van der Waals surface area (Å²) in [6.07, 6.45) is 1.83. The predicted molar refractivity (Wildman–Crippen MR) is 128 cm³/mol. The summed E-state index contributed by atoms with van der Waals surface area (Å²) in [5, 5.41) is 0. The van der Waals surface area contributed by atoms with E-state index in [1.54, 1.807) is 64.0 Å². The van der Waals surface area contributed by atoms with E-state index in [1.165, 1.54) is 0 Å². The van der Waals surface area contributed by atoms with Crippen LogP contribution in [0, 0.1) is 0 Å². The molecule has 0 amide bonds. The van der Waals surface area contributed by atoms with Crippen molar-refractivity contribution < 1.29 is 49.0 Å². The Labute approximate surface area is 202 Å². The summed E-state index contributed by atoms with van der Waals surface area (Å²) in [5.41, 5.74) is 0. The summed E-state index contributed by atoms with van der Waals surface area (Å²) in [6.45, 7) is 0.199. The molecule has 0 spiro atoms. The molecule has 0 heterocycles. The van der Waals surface area contributed by atoms with Gasteiger partial charge in [0.2, 0.25) is 5.85 Å². The maximum absolute atomic E-state index is 15.9. The molecule has 0 rings (SSSR count). The van der Waals surface area contributed by atoms with Crippen molar-refractivity contribution in [2.75, 3.05) is 70.6 Å². The number of rotatable bonds is 22. The van der Waals surface area contributed by atoms with E-state index in [9.17, 15) is 0 Å². The van der Waals surface area contributed by atoms with Crippen LogP contribution < -0.4 is 0 Å². The normalized spacial score (nSPS) is 13.6. The number of hydrogen-bond acceptors (Lipinski definition) is 10. The largest absolute Gasteiger partial charge is 0.500 e. The van der Waals surface area contributed by atoms with Crippen LogP contribution in [0.15, 0.2) is 0 Å². The second-order valence-corrected chi connectivity index (χ2v) is 16.7. The zero-order valence-electron chi connectivity index (χ0n) is 21.8. The molecule has 0 bridgehead atoms. The van der Waals surface area contributed by atoms with Crippen molar-refractivity contribution in [1.29, 1.82) is 0 Å². The molecule has 10 nitrogen and oxygen atoms in total. The number of hydrogen-bond donors (Lipinski definition) is 0. The molecule has 0 aliphatic rings. The molecule has 0 aromatic carbocycles. The zero-order valence-corrected chi connectivity index (χ0v) is 24.8. The van der Waals surface area contributed by atoms with E-state index in [4.69, 9.17) is 44.6 Å². The van der Waals surface area contributed by atoms with Crippen LogP contribution in [-0.4, -0.2) is 103 Å². The number of alkyl halides is 1. The van der Waals surface area contributed by atoms with Gasteiger partial charge < -0.3 is 44.6 Å². The summed E-state index contributed by atoms with van der Waals surface area (Å²) in [5.74, 6) is -1.85. The first-order valence-electron chi connectivity index (χ1n) is 11.0. The molecule has 0 unspecified atom stereocenters. The number of halogens is 1. The molecule has 0 aliphatic carbocycles. The van der Waals surface area contributed by atoms with E-state index in [0.717, 1.165) is 0 Å². The lowest BCUT2D eigenvalue weighted by Gasteiger charge is -2.30. The van der Waals surface area contributed by atoms with Crippen LogP contribution in [0.25, 0.3) is 0 Å². The molecule has 0 saturated carbocycles. The Morgan fingerprint density at radius 3 is 1.03 bits per heavy atom. The molecule has 0 radical (unpaired) electrons. The van der Waals surface area contributed by atoms with Crippen molar-refractivity contribution in [2.24, 2.45) is 0 Å². The van der Waals surface area contributed by atoms with Crippen molar-refractivity contribution in [2.45, 2.75) is 56.1 Å². The lowest BCUT2D eigenvalue weighted by Crippen LogP contribution is -2.44. The smallest absolute Gasteiger partial charge is 0.377 e. The molecule has 14 heteroatoms. The Morgan fingerprint density at radius 1 is 0.485 bits per heavy atom. The van der Waals surface area contributed by atoms with Crippen LogP contribution in [0.4, 0.5) is 4.39 Å². The van der Waals surface area contributed by atoms with Gasteiger partial charge >= 0.3 is 26.4 Å². The van der Waals surface area contributed by atoms with Gasteiger partial charge in [-0.25, -0.2) is 4.39 Å². The van der Waals surface area contributed by atoms with Crippen molar-refractivity contribution in [3.63, 3.8) is 0 Å². The first kappa shape index (κ1) is 33.2. The Morgan fingerprint density at radius 2 is 0.758 bits per heavy atom. The molecule has 0 aliphatic heterocycles. The standard InChI is InChI=1S/C19H45FO10Si3/c1-21-31(22-2,23-3)16-10-13-19(20,14-11-17-32(24-4,25-5)26-6)30-15-12-18-33(27-7,28-8)29-9/h10-18H2,1-9H3. The Hall–Kier alpha value is 0.181. The van der Waals surface area contributed by atoms with E-state index in [-0.39, 0.29) is 19.4 Å². The van der Waals surface area contributed by atoms with Gasteiger partial charge in [0, 0.05) is 95.0 Å². The fourth-order valence-corrected chi connectivity index (χ4v) is 8.75. The highest BCUT2D eigenvalue weighted by Crippen LogP contribution is 2.32. The zero-order chi connectivity index (χ0) is 25.4. The SMILES string of the molecule is CO[Si](CCCOC(F)(CCC[Si](OC)(OC)OC)CCC[Si](OC)(OC)OC)(OC)OC. The molecule has 0 aromatic heterocycles. The Balaban J connectivity index is 5.09. The van der Waals surface area contributed by atoms with Crippen LogP contribution in [0.5, 0.6) is 0 Å². The van der Waals surface area contributed by atoms with Crippen molar-refractivity contribution in [3.05, 3.63) is 0 Å². The van der Waals surface area contributed by atoms with E-state index >= 15 is 4.39 Å². The molecular formula is C19H45FO10Si3. The molecule has 0 N–H and O–H groups in total. The quantitative estimate of drug-likeness (QED) is 0.152. The maximum Gasteiger partial charge on any atom is 0.500 e. The van der Waals surface area contributed by atoms with Crippen LogP contribution in [0.1, 0.15) is 32.1 Å². The first-order valence-corrected chi connectivity index (χ1v) is 16.8. The van der Waals surface area contributed by atoms with Gasteiger partial charge in [-0.2, -0.15) is 0 Å². The summed E-state index contributed by atoms with van der Waals surface area (Å²) >= 11 is 0. The van der Waals surface area contributed by atoms with E-state index < -0.39 is 32.3 Å². The minimum atomic E-state index is -2.79.